The zero-order valence-electron chi connectivity index (χ0n) is 19.1. The number of nitrogens with zero attached hydrogens (tertiary/aromatic N) is 1. The minimum absolute atomic E-state index is 0.0229. The molecule has 1 aliphatic rings. The maximum absolute atomic E-state index is 12.8. The zero-order chi connectivity index (χ0) is 25.5. The number of carbonyl (C=O) groups excluding carboxylic acids is 3. The topological polar surface area (TPSA) is 134 Å². The number of hydrogen-bond donors (Lipinski definition) is 3. The lowest BCUT2D eigenvalue weighted by molar-refractivity contribution is -0.139. The molecule has 0 bridgehead atoms. The summed E-state index contributed by atoms with van der Waals surface area (Å²) in [4.78, 5) is 49.4. The number of aryl methyl sites for hydroxylation is 1. The van der Waals surface area contributed by atoms with Gasteiger partial charge in [0.2, 0.25) is 5.91 Å². The first-order chi connectivity index (χ1) is 16.7. The van der Waals surface area contributed by atoms with Gasteiger partial charge in [-0.3, -0.25) is 9.59 Å². The molecule has 0 saturated carbocycles. The van der Waals surface area contributed by atoms with Crippen molar-refractivity contribution in [2.45, 2.75) is 20.3 Å². The Balaban J connectivity index is 1.77. The highest BCUT2D eigenvalue weighted by atomic mass is 79.9. The Morgan fingerprint density at radius 2 is 1.91 bits per heavy atom. The van der Waals surface area contributed by atoms with Gasteiger partial charge in [0.1, 0.15) is 12.2 Å². The smallest absolute Gasteiger partial charge is 0.341 e. The summed E-state index contributed by atoms with van der Waals surface area (Å²) in [6, 6.07) is 9.71. The first kappa shape index (κ1) is 25.8. The second-order valence-corrected chi connectivity index (χ2v) is 8.24. The number of carboxylic acids is 1. The average molecular weight is 546 g/mol. The van der Waals surface area contributed by atoms with Crippen molar-refractivity contribution in [1.29, 1.82) is 0 Å². The van der Waals surface area contributed by atoms with Crippen LogP contribution in [-0.4, -0.2) is 53.6 Å². The number of benzene rings is 2. The van der Waals surface area contributed by atoms with Gasteiger partial charge in [-0.15, -0.1) is 0 Å². The number of anilines is 1. The molecule has 0 unspecified atom stereocenters. The third-order valence-corrected chi connectivity index (χ3v) is 5.51. The first-order valence-electron chi connectivity index (χ1n) is 10.8. The standard InChI is InChI=1S/C24H24BrN3O7/c1-3-15-7-5-6-8-17(15)26-20(29)12-28-23(32)18(27-24(28)33)10-14-9-16(25)22(35-13-21(30)31)19(11-14)34-4-2/h5-11H,3-4,12-13H2,1-2H3,(H,26,29)(H,27,33)(H,30,31)/b18-10+. The number of urea groups is 1. The van der Waals surface area contributed by atoms with Crippen LogP contribution in [0, 0.1) is 0 Å². The number of amides is 4. The van der Waals surface area contributed by atoms with Crippen molar-refractivity contribution in [3.63, 3.8) is 0 Å². The van der Waals surface area contributed by atoms with Gasteiger partial charge in [-0.1, -0.05) is 25.1 Å². The van der Waals surface area contributed by atoms with E-state index in [-0.39, 0.29) is 23.8 Å². The molecule has 3 N–H and O–H groups in total. The molecule has 0 spiro atoms. The van der Waals surface area contributed by atoms with E-state index in [1.165, 1.54) is 6.08 Å². The van der Waals surface area contributed by atoms with E-state index >= 15 is 0 Å². The van der Waals surface area contributed by atoms with Gasteiger partial charge in [-0.25, -0.2) is 14.5 Å². The number of carbonyl (C=O) groups is 4. The Morgan fingerprint density at radius 3 is 2.60 bits per heavy atom. The Bertz CT molecular complexity index is 1200. The molecule has 184 valence electrons. The van der Waals surface area contributed by atoms with Gasteiger partial charge in [0, 0.05) is 5.69 Å². The van der Waals surface area contributed by atoms with Crippen molar-refractivity contribution >= 4 is 51.5 Å². The molecule has 0 radical (unpaired) electrons. The van der Waals surface area contributed by atoms with E-state index in [4.69, 9.17) is 14.6 Å². The summed E-state index contributed by atoms with van der Waals surface area (Å²) in [6.45, 7) is 2.99. The SMILES string of the molecule is CCOc1cc(/C=C2/NC(=O)N(CC(=O)Nc3ccccc3CC)C2=O)cc(Br)c1OCC(=O)O. The zero-order valence-corrected chi connectivity index (χ0v) is 20.7. The van der Waals surface area contributed by atoms with Crippen molar-refractivity contribution < 1.29 is 33.8 Å². The van der Waals surface area contributed by atoms with Crippen LogP contribution in [0.5, 0.6) is 11.5 Å². The normalized spacial score (nSPS) is 14.1. The molecule has 2 aromatic carbocycles. The van der Waals surface area contributed by atoms with Crippen LogP contribution in [0.15, 0.2) is 46.6 Å². The Morgan fingerprint density at radius 1 is 1.17 bits per heavy atom. The van der Waals surface area contributed by atoms with Crippen molar-refractivity contribution in [2.24, 2.45) is 0 Å². The molecule has 0 aliphatic carbocycles. The summed E-state index contributed by atoms with van der Waals surface area (Å²) >= 11 is 3.32. The molecule has 1 heterocycles. The summed E-state index contributed by atoms with van der Waals surface area (Å²) < 4.78 is 11.2. The van der Waals surface area contributed by atoms with Gasteiger partial charge < -0.3 is 25.2 Å². The molecule has 0 atom stereocenters. The van der Waals surface area contributed by atoms with Crippen LogP contribution in [0.1, 0.15) is 25.0 Å². The minimum Gasteiger partial charge on any atom is -0.490 e. The molecule has 11 heteroatoms. The lowest BCUT2D eigenvalue weighted by atomic mass is 10.1. The number of ether oxygens (including phenoxy) is 2. The monoisotopic (exact) mass is 545 g/mol. The molecule has 1 aliphatic heterocycles. The third kappa shape index (κ3) is 6.38. The molecule has 1 fully saturated rings. The number of halogens is 1. The Kier molecular flexibility index (Phi) is 8.48. The van der Waals surface area contributed by atoms with Crippen molar-refractivity contribution in [2.75, 3.05) is 25.1 Å². The Hall–Kier alpha value is -3.86. The molecule has 1 saturated heterocycles. The molecular formula is C24H24BrN3O7. The van der Waals surface area contributed by atoms with Crippen LogP contribution in [0.4, 0.5) is 10.5 Å². The van der Waals surface area contributed by atoms with Crippen LogP contribution in [0.3, 0.4) is 0 Å². The predicted octanol–water partition coefficient (Wildman–Crippen LogP) is 3.41. The van der Waals surface area contributed by atoms with Crippen LogP contribution < -0.4 is 20.1 Å². The largest absolute Gasteiger partial charge is 0.490 e. The quantitative estimate of drug-likeness (QED) is 0.307. The number of aliphatic carboxylic acids is 1. The molecule has 35 heavy (non-hydrogen) atoms. The highest BCUT2D eigenvalue weighted by molar-refractivity contribution is 9.10. The minimum atomic E-state index is -1.15. The van der Waals surface area contributed by atoms with Gasteiger partial charge in [0.05, 0.1) is 11.1 Å². The van der Waals surface area contributed by atoms with Crippen LogP contribution in [0.25, 0.3) is 6.08 Å². The molecule has 3 rings (SSSR count). The second kappa shape index (κ2) is 11.5. The fourth-order valence-electron chi connectivity index (χ4n) is 3.37. The number of carboxylic acid groups (broad SMARTS) is 1. The number of para-hydroxylation sites is 1. The van der Waals surface area contributed by atoms with E-state index in [9.17, 15) is 19.2 Å². The van der Waals surface area contributed by atoms with E-state index in [1.54, 1.807) is 31.2 Å². The van der Waals surface area contributed by atoms with Crippen molar-refractivity contribution in [3.8, 4) is 11.5 Å². The third-order valence-electron chi connectivity index (χ3n) is 4.92. The summed E-state index contributed by atoms with van der Waals surface area (Å²) in [5.74, 6) is -1.85. The molecular weight excluding hydrogens is 522 g/mol. The fraction of sp³-hybridized carbons (Fsp3) is 0.250. The van der Waals surface area contributed by atoms with Crippen LogP contribution in [0.2, 0.25) is 0 Å². The average Bonchev–Trinajstić information content (AvgIpc) is 3.06. The van der Waals surface area contributed by atoms with E-state index in [0.717, 1.165) is 10.5 Å². The summed E-state index contributed by atoms with van der Waals surface area (Å²) in [5, 5.41) is 14.1. The van der Waals surface area contributed by atoms with E-state index in [2.05, 4.69) is 26.6 Å². The van der Waals surface area contributed by atoms with Crippen LogP contribution >= 0.6 is 15.9 Å². The second-order valence-electron chi connectivity index (χ2n) is 7.38. The van der Waals surface area contributed by atoms with Gasteiger partial charge >= 0.3 is 12.0 Å². The van der Waals surface area contributed by atoms with E-state index in [0.29, 0.717) is 22.1 Å². The maximum atomic E-state index is 12.8. The van der Waals surface area contributed by atoms with Crippen LogP contribution in [-0.2, 0) is 20.8 Å². The number of nitrogens with one attached hydrogen (secondary N) is 2. The van der Waals surface area contributed by atoms with Gasteiger partial charge in [0.25, 0.3) is 5.91 Å². The molecule has 2 aromatic rings. The number of imide groups is 1. The van der Waals surface area contributed by atoms with Crippen molar-refractivity contribution in [1.82, 2.24) is 10.2 Å². The summed E-state index contributed by atoms with van der Waals surface area (Å²) in [5.41, 5.74) is 2.02. The highest BCUT2D eigenvalue weighted by Gasteiger charge is 2.35. The number of hydrogen-bond acceptors (Lipinski definition) is 6. The highest BCUT2D eigenvalue weighted by Crippen LogP contribution is 2.37. The molecule has 0 aromatic heterocycles. The van der Waals surface area contributed by atoms with Gasteiger partial charge in [0.15, 0.2) is 18.1 Å². The fourth-order valence-corrected chi connectivity index (χ4v) is 3.95. The van der Waals surface area contributed by atoms with Crippen molar-refractivity contribution in [3.05, 3.63) is 57.7 Å². The predicted molar refractivity (Wildman–Crippen MR) is 131 cm³/mol. The Labute approximate surface area is 210 Å². The maximum Gasteiger partial charge on any atom is 0.341 e. The van der Waals surface area contributed by atoms with Gasteiger partial charge in [-0.2, -0.15) is 0 Å². The summed E-state index contributed by atoms with van der Waals surface area (Å²) in [7, 11) is 0. The van der Waals surface area contributed by atoms with E-state index < -0.39 is 37.0 Å². The molecule has 4 amide bonds. The molecule has 10 nitrogen and oxygen atoms in total. The number of rotatable bonds is 10. The lowest BCUT2D eigenvalue weighted by Crippen LogP contribution is -2.38. The van der Waals surface area contributed by atoms with E-state index in [1.807, 2.05) is 19.1 Å². The first-order valence-corrected chi connectivity index (χ1v) is 11.6. The summed E-state index contributed by atoms with van der Waals surface area (Å²) in [6.07, 6.45) is 2.14. The van der Waals surface area contributed by atoms with Gasteiger partial charge in [-0.05, 0) is 64.7 Å². The lowest BCUT2D eigenvalue weighted by Gasteiger charge is -2.14.